The van der Waals surface area contributed by atoms with Crippen molar-refractivity contribution >= 4 is 7.12 Å². The van der Waals surface area contributed by atoms with Gasteiger partial charge in [0.1, 0.15) is 0 Å². The van der Waals surface area contributed by atoms with Gasteiger partial charge < -0.3 is 14.8 Å². The van der Waals surface area contributed by atoms with E-state index in [1.165, 1.54) is 19.2 Å². The minimum absolute atomic E-state index is 0.414. The lowest BCUT2D eigenvalue weighted by Crippen LogP contribution is -2.06. The van der Waals surface area contributed by atoms with Crippen molar-refractivity contribution in [2.24, 2.45) is 0 Å². The van der Waals surface area contributed by atoms with Crippen molar-refractivity contribution in [2.45, 2.75) is 0 Å². The molecule has 0 spiro atoms. The van der Waals surface area contributed by atoms with Crippen LogP contribution in [0.1, 0.15) is 0 Å². The first-order chi connectivity index (χ1) is 3.77. The van der Waals surface area contributed by atoms with Gasteiger partial charge in [0.15, 0.2) is 0 Å². The van der Waals surface area contributed by atoms with Gasteiger partial charge in [0, 0.05) is 7.11 Å². The van der Waals surface area contributed by atoms with E-state index in [0.29, 0.717) is 6.61 Å². The van der Waals surface area contributed by atoms with Crippen molar-refractivity contribution in [3.05, 3.63) is 12.1 Å². The van der Waals surface area contributed by atoms with Crippen LogP contribution in [0.15, 0.2) is 12.1 Å². The first-order valence-corrected chi connectivity index (χ1v) is 2.29. The largest absolute Gasteiger partial charge is 0.480 e. The normalized spacial score (nSPS) is 10.4. The van der Waals surface area contributed by atoms with Crippen LogP contribution in [0.5, 0.6) is 0 Å². The van der Waals surface area contributed by atoms with Crippen molar-refractivity contribution < 1.29 is 14.8 Å². The van der Waals surface area contributed by atoms with Crippen LogP contribution in [-0.2, 0) is 4.74 Å². The summed E-state index contributed by atoms with van der Waals surface area (Å²) >= 11 is 0. The minimum Gasteiger partial charge on any atom is -0.424 e. The summed E-state index contributed by atoms with van der Waals surface area (Å²) in [6, 6.07) is 0. The minimum atomic E-state index is -1.36. The maximum Gasteiger partial charge on any atom is 0.480 e. The Kier molecular flexibility index (Phi) is 4.64. The topological polar surface area (TPSA) is 49.7 Å². The molecule has 0 saturated heterocycles. The van der Waals surface area contributed by atoms with E-state index < -0.39 is 7.12 Å². The van der Waals surface area contributed by atoms with E-state index in [2.05, 4.69) is 4.74 Å². The smallest absolute Gasteiger partial charge is 0.424 e. The Hall–Kier alpha value is -0.315. The zero-order valence-corrected chi connectivity index (χ0v) is 4.74. The van der Waals surface area contributed by atoms with Crippen LogP contribution in [-0.4, -0.2) is 30.9 Å². The Morgan fingerprint density at radius 2 is 2.25 bits per heavy atom. The van der Waals surface area contributed by atoms with Gasteiger partial charge in [-0.1, -0.05) is 12.1 Å². The lowest BCUT2D eigenvalue weighted by atomic mass is 9.92. The number of methoxy groups -OCH3 is 1. The van der Waals surface area contributed by atoms with E-state index in [-0.39, 0.29) is 0 Å². The van der Waals surface area contributed by atoms with Crippen LogP contribution in [0.25, 0.3) is 0 Å². The Morgan fingerprint density at radius 3 is 2.62 bits per heavy atom. The fourth-order valence-electron chi connectivity index (χ4n) is 0.273. The highest BCUT2D eigenvalue weighted by molar-refractivity contribution is 6.47. The van der Waals surface area contributed by atoms with E-state index in [4.69, 9.17) is 10.0 Å². The quantitative estimate of drug-likeness (QED) is 0.474. The van der Waals surface area contributed by atoms with Crippen LogP contribution in [0.2, 0.25) is 0 Å². The summed E-state index contributed by atoms with van der Waals surface area (Å²) in [6.45, 7) is 0.414. The maximum atomic E-state index is 8.19. The van der Waals surface area contributed by atoms with E-state index in [0.717, 1.165) is 0 Å². The lowest BCUT2D eigenvalue weighted by Gasteiger charge is -1.86. The molecule has 46 valence electrons. The molecule has 0 aromatic carbocycles. The Labute approximate surface area is 48.7 Å². The Bertz CT molecular complexity index is 71.7. The standard InChI is InChI=1S/C4H9BO3/c1-8-4-2-3-5(6)7/h2-3,6-7H,4H2,1H3/b3-2+. The molecular weight excluding hydrogens is 107 g/mol. The second-order valence-corrected chi connectivity index (χ2v) is 1.30. The lowest BCUT2D eigenvalue weighted by molar-refractivity contribution is 0.233. The molecule has 0 aromatic heterocycles. The van der Waals surface area contributed by atoms with Crippen LogP contribution >= 0.6 is 0 Å². The summed E-state index contributed by atoms with van der Waals surface area (Å²) in [5, 5.41) is 16.4. The maximum absolute atomic E-state index is 8.19. The van der Waals surface area contributed by atoms with E-state index in [1.807, 2.05) is 0 Å². The molecule has 0 bridgehead atoms. The molecule has 4 heteroatoms. The van der Waals surface area contributed by atoms with Crippen molar-refractivity contribution in [2.75, 3.05) is 13.7 Å². The van der Waals surface area contributed by atoms with Crippen LogP contribution in [0.3, 0.4) is 0 Å². The van der Waals surface area contributed by atoms with Crippen LogP contribution in [0.4, 0.5) is 0 Å². The molecule has 0 saturated carbocycles. The molecule has 0 aromatic rings. The highest BCUT2D eigenvalue weighted by Gasteiger charge is 1.95. The molecule has 0 aliphatic heterocycles. The molecular formula is C4H9BO3. The molecule has 0 atom stereocenters. The van der Waals surface area contributed by atoms with E-state index in [1.54, 1.807) is 0 Å². The third-order valence-electron chi connectivity index (χ3n) is 0.571. The van der Waals surface area contributed by atoms with E-state index in [9.17, 15) is 0 Å². The second-order valence-electron chi connectivity index (χ2n) is 1.30. The van der Waals surface area contributed by atoms with Crippen LogP contribution in [0, 0.1) is 0 Å². The molecule has 0 fully saturated rings. The third-order valence-corrected chi connectivity index (χ3v) is 0.571. The molecule has 0 unspecified atom stereocenters. The second kappa shape index (κ2) is 4.83. The van der Waals surface area contributed by atoms with Crippen molar-refractivity contribution in [3.8, 4) is 0 Å². The summed E-state index contributed by atoms with van der Waals surface area (Å²) < 4.78 is 4.58. The molecule has 0 amide bonds. The molecule has 0 aliphatic rings. The molecule has 0 rings (SSSR count). The predicted molar refractivity (Wildman–Crippen MR) is 31.2 cm³/mol. The zero-order valence-electron chi connectivity index (χ0n) is 4.74. The van der Waals surface area contributed by atoms with Gasteiger partial charge in [-0.25, -0.2) is 0 Å². The average molecular weight is 116 g/mol. The van der Waals surface area contributed by atoms with E-state index >= 15 is 0 Å². The Balaban J connectivity index is 3.07. The highest BCUT2D eigenvalue weighted by atomic mass is 16.5. The summed E-state index contributed by atoms with van der Waals surface area (Å²) in [5.41, 5.74) is 0. The van der Waals surface area contributed by atoms with Gasteiger partial charge in [0.05, 0.1) is 6.61 Å². The van der Waals surface area contributed by atoms with Gasteiger partial charge in [-0.3, -0.25) is 0 Å². The number of rotatable bonds is 3. The molecule has 0 aliphatic carbocycles. The summed E-state index contributed by atoms with van der Waals surface area (Å²) in [6.07, 6.45) is 1.53. The first kappa shape index (κ1) is 7.68. The number of hydrogen-bond acceptors (Lipinski definition) is 3. The van der Waals surface area contributed by atoms with Crippen LogP contribution < -0.4 is 0 Å². The first-order valence-electron chi connectivity index (χ1n) is 2.29. The van der Waals surface area contributed by atoms with Crippen molar-refractivity contribution in [1.29, 1.82) is 0 Å². The van der Waals surface area contributed by atoms with Gasteiger partial charge >= 0.3 is 7.12 Å². The molecule has 0 radical (unpaired) electrons. The van der Waals surface area contributed by atoms with Crippen molar-refractivity contribution in [1.82, 2.24) is 0 Å². The summed E-state index contributed by atoms with van der Waals surface area (Å²) in [4.78, 5) is 0. The number of ether oxygens (including phenoxy) is 1. The molecule has 0 heterocycles. The predicted octanol–water partition coefficient (Wildman–Crippen LogP) is -0.799. The molecule has 2 N–H and O–H groups in total. The van der Waals surface area contributed by atoms with Gasteiger partial charge in [-0.05, 0) is 0 Å². The summed E-state index contributed by atoms with van der Waals surface area (Å²) in [7, 11) is 0.179. The SMILES string of the molecule is COC/C=C/B(O)O. The van der Waals surface area contributed by atoms with Gasteiger partial charge in [-0.15, -0.1) is 0 Å². The van der Waals surface area contributed by atoms with Gasteiger partial charge in [-0.2, -0.15) is 0 Å². The highest BCUT2D eigenvalue weighted by Crippen LogP contribution is 1.74. The third kappa shape index (κ3) is 5.68. The van der Waals surface area contributed by atoms with Gasteiger partial charge in [0.2, 0.25) is 0 Å². The number of hydrogen-bond donors (Lipinski definition) is 2. The van der Waals surface area contributed by atoms with Gasteiger partial charge in [0.25, 0.3) is 0 Å². The van der Waals surface area contributed by atoms with Crippen molar-refractivity contribution in [3.63, 3.8) is 0 Å². The molecule has 3 nitrogen and oxygen atoms in total. The monoisotopic (exact) mass is 116 g/mol. The fourth-order valence-corrected chi connectivity index (χ4v) is 0.273. The molecule has 8 heavy (non-hydrogen) atoms. The summed E-state index contributed by atoms with van der Waals surface area (Å²) in [5.74, 6) is 1.24. The average Bonchev–Trinajstić information content (AvgIpc) is 1.66. The Morgan fingerprint density at radius 1 is 1.62 bits per heavy atom. The fraction of sp³-hybridized carbons (Fsp3) is 0.500. The zero-order chi connectivity index (χ0) is 6.41.